The van der Waals surface area contributed by atoms with E-state index in [-0.39, 0.29) is 11.4 Å². The van der Waals surface area contributed by atoms with Crippen LogP contribution in [0.1, 0.15) is 5.69 Å². The van der Waals surface area contributed by atoms with Gasteiger partial charge in [-0.15, -0.1) is 0 Å². The number of benzene rings is 1. The van der Waals surface area contributed by atoms with Crippen molar-refractivity contribution in [2.45, 2.75) is 6.92 Å². The standard InChI is InChI=1S/C12H11ClN4O2/c1-7-11(17(18)19)10(16-12(14-2)15-7)8-5-3-4-6-9(8)13/h3-6H,1-2H3,(H,14,15,16). The largest absolute Gasteiger partial charge is 0.357 e. The van der Waals surface area contributed by atoms with Gasteiger partial charge in [0.05, 0.1) is 9.95 Å². The lowest BCUT2D eigenvalue weighted by atomic mass is 10.1. The van der Waals surface area contributed by atoms with Crippen molar-refractivity contribution >= 4 is 23.2 Å². The molecule has 0 aliphatic rings. The van der Waals surface area contributed by atoms with E-state index in [1.807, 2.05) is 0 Å². The van der Waals surface area contributed by atoms with Gasteiger partial charge in [-0.3, -0.25) is 10.1 Å². The van der Waals surface area contributed by atoms with E-state index in [2.05, 4.69) is 15.3 Å². The molecule has 98 valence electrons. The number of nitrogens with one attached hydrogen (secondary N) is 1. The van der Waals surface area contributed by atoms with Crippen molar-refractivity contribution in [1.82, 2.24) is 9.97 Å². The third-order valence-electron chi connectivity index (χ3n) is 2.59. The molecule has 0 aliphatic carbocycles. The average Bonchev–Trinajstić information content (AvgIpc) is 2.37. The smallest absolute Gasteiger partial charge is 0.316 e. The molecule has 1 aromatic carbocycles. The van der Waals surface area contributed by atoms with E-state index in [0.717, 1.165) is 0 Å². The molecule has 0 radical (unpaired) electrons. The molecule has 0 bridgehead atoms. The summed E-state index contributed by atoms with van der Waals surface area (Å²) in [6.45, 7) is 1.57. The van der Waals surface area contributed by atoms with E-state index in [9.17, 15) is 10.1 Å². The van der Waals surface area contributed by atoms with Gasteiger partial charge in [-0.05, 0) is 13.0 Å². The summed E-state index contributed by atoms with van der Waals surface area (Å²) in [4.78, 5) is 18.9. The summed E-state index contributed by atoms with van der Waals surface area (Å²) >= 11 is 6.08. The van der Waals surface area contributed by atoms with E-state index >= 15 is 0 Å². The minimum absolute atomic E-state index is 0.132. The quantitative estimate of drug-likeness (QED) is 0.689. The number of anilines is 1. The molecule has 1 aromatic heterocycles. The SMILES string of the molecule is CNc1nc(C)c([N+](=O)[O-])c(-c2ccccc2Cl)n1. The van der Waals surface area contributed by atoms with Gasteiger partial charge >= 0.3 is 5.69 Å². The number of aryl methyl sites for hydroxylation is 1. The van der Waals surface area contributed by atoms with Crippen LogP contribution in [0.15, 0.2) is 24.3 Å². The van der Waals surface area contributed by atoms with Gasteiger partial charge in [0, 0.05) is 12.6 Å². The first-order valence-electron chi connectivity index (χ1n) is 5.50. The molecule has 0 unspecified atom stereocenters. The van der Waals surface area contributed by atoms with Gasteiger partial charge in [0.2, 0.25) is 5.95 Å². The Morgan fingerprint density at radius 2 is 2.00 bits per heavy atom. The fraction of sp³-hybridized carbons (Fsp3) is 0.167. The van der Waals surface area contributed by atoms with Gasteiger partial charge < -0.3 is 5.32 Å². The first kappa shape index (κ1) is 13.2. The van der Waals surface area contributed by atoms with Crippen molar-refractivity contribution in [2.75, 3.05) is 12.4 Å². The monoisotopic (exact) mass is 278 g/mol. The van der Waals surface area contributed by atoms with E-state index in [1.54, 1.807) is 38.2 Å². The lowest BCUT2D eigenvalue weighted by molar-refractivity contribution is -0.385. The minimum Gasteiger partial charge on any atom is -0.357 e. The Labute approximate surface area is 114 Å². The van der Waals surface area contributed by atoms with E-state index in [0.29, 0.717) is 22.2 Å². The minimum atomic E-state index is -0.493. The lowest BCUT2D eigenvalue weighted by Crippen LogP contribution is -2.05. The molecule has 2 rings (SSSR count). The molecule has 0 fully saturated rings. The summed E-state index contributed by atoms with van der Waals surface area (Å²) in [7, 11) is 1.65. The van der Waals surface area contributed by atoms with Gasteiger partial charge in [0.1, 0.15) is 5.69 Å². The molecule has 7 heteroatoms. The zero-order chi connectivity index (χ0) is 14.0. The molecule has 6 nitrogen and oxygen atoms in total. The first-order valence-corrected chi connectivity index (χ1v) is 5.88. The van der Waals surface area contributed by atoms with Gasteiger partial charge in [-0.1, -0.05) is 29.8 Å². The highest BCUT2D eigenvalue weighted by Gasteiger charge is 2.24. The summed E-state index contributed by atoms with van der Waals surface area (Å²) in [6.07, 6.45) is 0. The second-order valence-electron chi connectivity index (χ2n) is 3.82. The third kappa shape index (κ3) is 2.48. The van der Waals surface area contributed by atoms with Crippen molar-refractivity contribution < 1.29 is 4.92 Å². The second-order valence-corrected chi connectivity index (χ2v) is 4.22. The number of nitrogens with zero attached hydrogens (tertiary/aromatic N) is 3. The first-order chi connectivity index (χ1) is 9.04. The van der Waals surface area contributed by atoms with Gasteiger partial charge in [-0.2, -0.15) is 0 Å². The predicted octanol–water partition coefficient (Wildman–Crippen LogP) is 3.06. The van der Waals surface area contributed by atoms with E-state index in [4.69, 9.17) is 11.6 Å². The van der Waals surface area contributed by atoms with Crippen LogP contribution in [-0.4, -0.2) is 21.9 Å². The fourth-order valence-corrected chi connectivity index (χ4v) is 1.96. The van der Waals surface area contributed by atoms with Crippen LogP contribution < -0.4 is 5.32 Å². The van der Waals surface area contributed by atoms with Gasteiger partial charge in [0.15, 0.2) is 5.69 Å². The number of halogens is 1. The Bertz CT molecular complexity index is 646. The van der Waals surface area contributed by atoms with Crippen LogP contribution in [0.2, 0.25) is 5.02 Å². The molecule has 0 amide bonds. The van der Waals surface area contributed by atoms with Crippen molar-refractivity contribution in [3.63, 3.8) is 0 Å². The summed E-state index contributed by atoms with van der Waals surface area (Å²) in [6, 6.07) is 6.86. The topological polar surface area (TPSA) is 81.0 Å². The number of hydrogen-bond acceptors (Lipinski definition) is 5. The average molecular weight is 279 g/mol. The zero-order valence-electron chi connectivity index (χ0n) is 10.3. The number of rotatable bonds is 3. The van der Waals surface area contributed by atoms with Crippen molar-refractivity contribution in [3.8, 4) is 11.3 Å². The normalized spacial score (nSPS) is 10.3. The highest BCUT2D eigenvalue weighted by Crippen LogP contribution is 2.34. The second kappa shape index (κ2) is 5.19. The summed E-state index contributed by atoms with van der Waals surface area (Å²) in [5.74, 6) is 0.318. The van der Waals surface area contributed by atoms with Crippen LogP contribution in [0.5, 0.6) is 0 Å². The number of nitro groups is 1. The molecular weight excluding hydrogens is 268 g/mol. The van der Waals surface area contributed by atoms with Crippen molar-refractivity contribution in [3.05, 3.63) is 45.1 Å². The molecule has 1 N–H and O–H groups in total. The Kier molecular flexibility index (Phi) is 3.62. The van der Waals surface area contributed by atoms with Crippen molar-refractivity contribution in [1.29, 1.82) is 0 Å². The molecule has 2 aromatic rings. The Hall–Kier alpha value is -2.21. The predicted molar refractivity (Wildman–Crippen MR) is 73.4 cm³/mol. The third-order valence-corrected chi connectivity index (χ3v) is 2.92. The van der Waals surface area contributed by atoms with E-state index in [1.165, 1.54) is 0 Å². The highest BCUT2D eigenvalue weighted by atomic mass is 35.5. The molecule has 0 saturated heterocycles. The highest BCUT2D eigenvalue weighted by molar-refractivity contribution is 6.33. The maximum atomic E-state index is 11.2. The molecular formula is C12H11ClN4O2. The van der Waals surface area contributed by atoms with Crippen LogP contribution in [0, 0.1) is 17.0 Å². The zero-order valence-corrected chi connectivity index (χ0v) is 11.1. The molecule has 0 atom stereocenters. The van der Waals surface area contributed by atoms with Crippen LogP contribution in [0.3, 0.4) is 0 Å². The van der Waals surface area contributed by atoms with Gasteiger partial charge in [0.25, 0.3) is 0 Å². The molecule has 0 aliphatic heterocycles. The van der Waals surface area contributed by atoms with Crippen LogP contribution in [-0.2, 0) is 0 Å². The Morgan fingerprint density at radius 1 is 1.32 bits per heavy atom. The maximum Gasteiger partial charge on any atom is 0.316 e. The van der Waals surface area contributed by atoms with E-state index < -0.39 is 4.92 Å². The molecule has 0 spiro atoms. The summed E-state index contributed by atoms with van der Waals surface area (Å²) in [5.41, 5.74) is 0.886. The Morgan fingerprint density at radius 3 is 2.58 bits per heavy atom. The van der Waals surface area contributed by atoms with Crippen molar-refractivity contribution in [2.24, 2.45) is 0 Å². The van der Waals surface area contributed by atoms with Gasteiger partial charge in [-0.25, -0.2) is 9.97 Å². The summed E-state index contributed by atoms with van der Waals surface area (Å²) < 4.78 is 0. The van der Waals surface area contributed by atoms with Crippen LogP contribution >= 0.6 is 11.6 Å². The molecule has 1 heterocycles. The maximum absolute atomic E-state index is 11.2. The lowest BCUT2D eigenvalue weighted by Gasteiger charge is -2.08. The number of hydrogen-bond donors (Lipinski definition) is 1. The fourth-order valence-electron chi connectivity index (χ4n) is 1.74. The van der Waals surface area contributed by atoms with Crippen LogP contribution in [0.25, 0.3) is 11.3 Å². The summed E-state index contributed by atoms with van der Waals surface area (Å²) in [5, 5.41) is 14.4. The van der Waals surface area contributed by atoms with Crippen LogP contribution in [0.4, 0.5) is 11.6 Å². The Balaban J connectivity index is 2.77. The number of aromatic nitrogens is 2. The molecule has 0 saturated carbocycles. The molecule has 19 heavy (non-hydrogen) atoms.